The number of nitrogens with one attached hydrogen (secondary N) is 1. The number of rotatable bonds is 3. The highest BCUT2D eigenvalue weighted by Gasteiger charge is 2.13. The molecule has 5 nitrogen and oxygen atoms in total. The van der Waals surface area contributed by atoms with Crippen LogP contribution in [0.15, 0.2) is 59.2 Å². The van der Waals surface area contributed by atoms with E-state index in [0.29, 0.717) is 18.0 Å². The van der Waals surface area contributed by atoms with Gasteiger partial charge in [-0.1, -0.05) is 0 Å². The number of ether oxygens (including phenoxy) is 1. The lowest BCUT2D eigenvalue weighted by Crippen LogP contribution is -2.25. The van der Waals surface area contributed by atoms with Gasteiger partial charge < -0.3 is 14.5 Å². The summed E-state index contributed by atoms with van der Waals surface area (Å²) in [5.41, 5.74) is 3.12. The fourth-order valence-corrected chi connectivity index (χ4v) is 3.39. The summed E-state index contributed by atoms with van der Waals surface area (Å²) in [6.45, 7) is 1.35. The summed E-state index contributed by atoms with van der Waals surface area (Å²) in [6.07, 6.45) is 1.64. The van der Waals surface area contributed by atoms with Gasteiger partial charge in [-0.05, 0) is 54.4 Å². The number of benzene rings is 2. The van der Waals surface area contributed by atoms with Gasteiger partial charge >= 0.3 is 0 Å². The molecule has 0 saturated carbocycles. The van der Waals surface area contributed by atoms with Gasteiger partial charge in [-0.2, -0.15) is 0 Å². The molecule has 0 radical (unpaired) electrons. The van der Waals surface area contributed by atoms with Crippen LogP contribution in [0.5, 0.6) is 0 Å². The Balaban J connectivity index is 1.47. The van der Waals surface area contributed by atoms with Crippen LogP contribution in [-0.2, 0) is 4.74 Å². The van der Waals surface area contributed by atoms with Crippen LogP contribution >= 0.6 is 11.9 Å². The Labute approximate surface area is 143 Å². The minimum atomic E-state index is -0.144. The smallest absolute Gasteiger partial charge is 0.255 e. The van der Waals surface area contributed by atoms with Crippen LogP contribution in [0, 0.1) is 0 Å². The topological polar surface area (TPSA) is 54.7 Å². The minimum Gasteiger partial charge on any atom is -0.464 e. The molecular weight excluding hydrogens is 324 g/mol. The molecule has 1 aliphatic heterocycles. The zero-order valence-corrected chi connectivity index (χ0v) is 13.7. The van der Waals surface area contributed by atoms with E-state index >= 15 is 0 Å². The van der Waals surface area contributed by atoms with Crippen LogP contribution in [0.25, 0.3) is 11.0 Å². The van der Waals surface area contributed by atoms with Gasteiger partial charge in [-0.15, -0.1) is 0 Å². The van der Waals surface area contributed by atoms with E-state index in [2.05, 4.69) is 9.62 Å². The van der Waals surface area contributed by atoms with Crippen molar-refractivity contribution < 1.29 is 13.9 Å². The number of anilines is 2. The second-order valence-corrected chi connectivity index (χ2v) is 6.53. The molecule has 0 bridgehead atoms. The van der Waals surface area contributed by atoms with Crippen molar-refractivity contribution in [3.63, 3.8) is 0 Å². The lowest BCUT2D eigenvalue weighted by atomic mass is 10.2. The van der Waals surface area contributed by atoms with Gasteiger partial charge in [0.1, 0.15) is 12.3 Å². The first-order valence-corrected chi connectivity index (χ1v) is 8.61. The average molecular weight is 340 g/mol. The summed E-state index contributed by atoms with van der Waals surface area (Å²) in [5.74, 6) is 0.798. The van der Waals surface area contributed by atoms with E-state index in [1.165, 1.54) is 0 Å². The van der Waals surface area contributed by atoms with Gasteiger partial charge in [0.05, 0.1) is 12.9 Å². The first-order valence-electron chi connectivity index (χ1n) is 7.66. The van der Waals surface area contributed by atoms with E-state index < -0.39 is 0 Å². The molecular formula is C18H16N2O3S. The molecule has 4 rings (SSSR count). The molecule has 122 valence electrons. The molecule has 1 N–H and O–H groups in total. The fraction of sp³-hybridized carbons (Fsp3) is 0.167. The normalized spacial score (nSPS) is 14.8. The van der Waals surface area contributed by atoms with Gasteiger partial charge in [0.15, 0.2) is 0 Å². The predicted molar refractivity (Wildman–Crippen MR) is 96.4 cm³/mol. The summed E-state index contributed by atoms with van der Waals surface area (Å²) < 4.78 is 12.9. The maximum atomic E-state index is 12.4. The second-order valence-electron chi connectivity index (χ2n) is 5.42. The van der Waals surface area contributed by atoms with Crippen molar-refractivity contribution in [1.29, 1.82) is 0 Å². The zero-order chi connectivity index (χ0) is 16.4. The van der Waals surface area contributed by atoms with Crippen LogP contribution in [0.2, 0.25) is 0 Å². The Hall–Kier alpha value is -2.44. The molecule has 24 heavy (non-hydrogen) atoms. The Morgan fingerprint density at radius 3 is 2.79 bits per heavy atom. The van der Waals surface area contributed by atoms with Crippen molar-refractivity contribution in [2.75, 3.05) is 28.7 Å². The van der Waals surface area contributed by atoms with Gasteiger partial charge in [0, 0.05) is 34.1 Å². The van der Waals surface area contributed by atoms with Crippen LogP contribution in [0.1, 0.15) is 10.4 Å². The van der Waals surface area contributed by atoms with E-state index in [1.54, 1.807) is 18.2 Å². The summed E-state index contributed by atoms with van der Waals surface area (Å²) >= 11 is 1.73. The quantitative estimate of drug-likeness (QED) is 0.727. The Morgan fingerprint density at radius 2 is 2.00 bits per heavy atom. The number of hydrogen-bond acceptors (Lipinski definition) is 5. The van der Waals surface area contributed by atoms with E-state index in [-0.39, 0.29) is 5.91 Å². The van der Waals surface area contributed by atoms with Crippen molar-refractivity contribution in [2.24, 2.45) is 0 Å². The van der Waals surface area contributed by atoms with Gasteiger partial charge in [0.2, 0.25) is 0 Å². The standard InChI is InChI=1S/C18H16N2O3S/c21-18(19-15-4-1-13-7-8-23-17(13)11-15)14-2-5-16(6-3-14)20-12-22-9-10-24-20/h1-8,11H,9-10,12H2,(H,19,21). The number of furan rings is 1. The van der Waals surface area contributed by atoms with Crippen molar-refractivity contribution in [2.45, 2.75) is 0 Å². The molecule has 0 aliphatic carbocycles. The highest BCUT2D eigenvalue weighted by Crippen LogP contribution is 2.25. The summed E-state index contributed by atoms with van der Waals surface area (Å²) in [4.78, 5) is 12.4. The maximum absolute atomic E-state index is 12.4. The number of hydrogen-bond donors (Lipinski definition) is 1. The third kappa shape index (κ3) is 3.11. The van der Waals surface area contributed by atoms with Gasteiger partial charge in [-0.3, -0.25) is 9.10 Å². The number of nitrogens with zero attached hydrogens (tertiary/aromatic N) is 1. The highest BCUT2D eigenvalue weighted by molar-refractivity contribution is 8.00. The maximum Gasteiger partial charge on any atom is 0.255 e. The van der Waals surface area contributed by atoms with E-state index in [9.17, 15) is 4.79 Å². The SMILES string of the molecule is O=C(Nc1ccc2ccoc2c1)c1ccc(N2COCCS2)cc1. The third-order valence-corrected chi connectivity index (χ3v) is 4.79. The first-order chi connectivity index (χ1) is 11.8. The molecule has 1 aliphatic rings. The number of carbonyl (C=O) groups is 1. The molecule has 1 aromatic heterocycles. The average Bonchev–Trinajstić information content (AvgIpc) is 3.10. The largest absolute Gasteiger partial charge is 0.464 e. The van der Waals surface area contributed by atoms with E-state index in [4.69, 9.17) is 9.15 Å². The number of amides is 1. The summed E-state index contributed by atoms with van der Waals surface area (Å²) in [6, 6.07) is 15.0. The molecule has 0 spiro atoms. The number of carbonyl (C=O) groups excluding carboxylic acids is 1. The molecule has 6 heteroatoms. The zero-order valence-electron chi connectivity index (χ0n) is 12.9. The van der Waals surface area contributed by atoms with Crippen LogP contribution < -0.4 is 9.62 Å². The molecule has 1 saturated heterocycles. The van der Waals surface area contributed by atoms with Gasteiger partial charge in [-0.25, -0.2) is 0 Å². The van der Waals surface area contributed by atoms with Gasteiger partial charge in [0.25, 0.3) is 5.91 Å². The molecule has 0 atom stereocenters. The van der Waals surface area contributed by atoms with Crippen LogP contribution in [-0.4, -0.2) is 25.0 Å². The highest BCUT2D eigenvalue weighted by atomic mass is 32.2. The monoisotopic (exact) mass is 340 g/mol. The van der Waals surface area contributed by atoms with Crippen LogP contribution in [0.3, 0.4) is 0 Å². The van der Waals surface area contributed by atoms with Crippen molar-refractivity contribution in [3.8, 4) is 0 Å². The van der Waals surface area contributed by atoms with Crippen molar-refractivity contribution in [3.05, 3.63) is 60.4 Å². The molecule has 2 heterocycles. The Kier molecular flexibility index (Phi) is 4.15. The molecule has 3 aromatic rings. The van der Waals surface area contributed by atoms with Crippen LogP contribution in [0.4, 0.5) is 11.4 Å². The Bertz CT molecular complexity index is 854. The van der Waals surface area contributed by atoms with E-state index in [0.717, 1.165) is 29.0 Å². The van der Waals surface area contributed by atoms with Crippen molar-refractivity contribution >= 4 is 40.2 Å². The van der Waals surface area contributed by atoms with E-state index in [1.807, 2.05) is 48.5 Å². The van der Waals surface area contributed by atoms with Crippen molar-refractivity contribution in [1.82, 2.24) is 0 Å². The summed E-state index contributed by atoms with van der Waals surface area (Å²) in [7, 11) is 0. The fourth-order valence-electron chi connectivity index (χ4n) is 2.56. The summed E-state index contributed by atoms with van der Waals surface area (Å²) in [5, 5.41) is 3.91. The number of fused-ring (bicyclic) bond motifs is 1. The lowest BCUT2D eigenvalue weighted by Gasteiger charge is -2.27. The molecule has 1 amide bonds. The molecule has 2 aromatic carbocycles. The molecule has 1 fully saturated rings. The lowest BCUT2D eigenvalue weighted by molar-refractivity contribution is 0.102. The third-order valence-electron chi connectivity index (χ3n) is 3.81. The minimum absolute atomic E-state index is 0.144. The Morgan fingerprint density at radius 1 is 1.12 bits per heavy atom. The predicted octanol–water partition coefficient (Wildman–Crippen LogP) is 4.13. The second kappa shape index (κ2) is 6.59. The first kappa shape index (κ1) is 15.1. The molecule has 0 unspecified atom stereocenters.